The van der Waals surface area contributed by atoms with Crippen LogP contribution in [0.5, 0.6) is 0 Å². The molecule has 0 saturated heterocycles. The second kappa shape index (κ2) is 8.20. The van der Waals surface area contributed by atoms with Gasteiger partial charge in [0.1, 0.15) is 23.0 Å². The average molecular weight is 288 g/mol. The van der Waals surface area contributed by atoms with Gasteiger partial charge in [-0.25, -0.2) is 0 Å². The standard InChI is InChI=1S/3C6H8O/c1-5-3-6(2)7-4-5;1-5-3-4-7-6(5)2;1-5-3-4-6(2)7-5/h3*3-4H,1-2H3. The van der Waals surface area contributed by atoms with Crippen LogP contribution in [0.25, 0.3) is 0 Å². The summed E-state index contributed by atoms with van der Waals surface area (Å²) in [6, 6.07) is 7.86. The minimum Gasteiger partial charge on any atom is -0.469 e. The van der Waals surface area contributed by atoms with Gasteiger partial charge < -0.3 is 13.3 Å². The highest BCUT2D eigenvalue weighted by atomic mass is 16.3. The van der Waals surface area contributed by atoms with Crippen molar-refractivity contribution in [2.75, 3.05) is 0 Å². The van der Waals surface area contributed by atoms with Crippen LogP contribution in [0.4, 0.5) is 0 Å². The van der Waals surface area contributed by atoms with Crippen LogP contribution >= 0.6 is 0 Å². The second-order valence-electron chi connectivity index (χ2n) is 5.05. The van der Waals surface area contributed by atoms with E-state index >= 15 is 0 Å². The molecule has 114 valence electrons. The molecule has 3 heterocycles. The molecule has 0 radical (unpaired) electrons. The van der Waals surface area contributed by atoms with Gasteiger partial charge in [0.05, 0.1) is 12.5 Å². The van der Waals surface area contributed by atoms with E-state index in [0.717, 1.165) is 23.0 Å². The molecule has 0 aliphatic rings. The van der Waals surface area contributed by atoms with Crippen molar-refractivity contribution in [2.45, 2.75) is 41.5 Å². The SMILES string of the molecule is Cc1ccc(C)o1.Cc1ccoc1C.Cc1coc(C)c1. The Morgan fingerprint density at radius 1 is 0.714 bits per heavy atom. The Morgan fingerprint density at radius 3 is 1.48 bits per heavy atom. The minimum absolute atomic E-state index is 0.984. The minimum atomic E-state index is 0.984. The van der Waals surface area contributed by atoms with Crippen LogP contribution in [-0.2, 0) is 0 Å². The van der Waals surface area contributed by atoms with E-state index in [0.29, 0.717) is 0 Å². The summed E-state index contributed by atoms with van der Waals surface area (Å²) in [5.74, 6) is 3.97. The molecule has 3 nitrogen and oxygen atoms in total. The molecule has 0 N–H and O–H groups in total. The molecule has 0 amide bonds. The maximum absolute atomic E-state index is 5.08. The Hall–Kier alpha value is -2.16. The molecule has 0 bridgehead atoms. The molecule has 0 saturated carbocycles. The first-order chi connectivity index (χ1) is 9.88. The first-order valence-electron chi connectivity index (χ1n) is 6.94. The van der Waals surface area contributed by atoms with Gasteiger partial charge in [-0.2, -0.15) is 0 Å². The molecule has 0 aliphatic carbocycles. The van der Waals surface area contributed by atoms with Crippen LogP contribution in [-0.4, -0.2) is 0 Å². The maximum atomic E-state index is 5.08. The predicted molar refractivity (Wildman–Crippen MR) is 84.5 cm³/mol. The zero-order chi connectivity index (χ0) is 15.8. The molecule has 0 aliphatic heterocycles. The highest BCUT2D eigenvalue weighted by molar-refractivity contribution is 5.11. The highest BCUT2D eigenvalue weighted by Gasteiger charge is 1.89. The number of rotatable bonds is 0. The van der Waals surface area contributed by atoms with Crippen LogP contribution < -0.4 is 0 Å². The topological polar surface area (TPSA) is 39.4 Å². The lowest BCUT2D eigenvalue weighted by Crippen LogP contribution is -1.63. The molecule has 3 rings (SSSR count). The van der Waals surface area contributed by atoms with Crippen molar-refractivity contribution in [1.29, 1.82) is 0 Å². The summed E-state index contributed by atoms with van der Waals surface area (Å²) in [6.45, 7) is 11.8. The smallest absolute Gasteiger partial charge is 0.103 e. The maximum Gasteiger partial charge on any atom is 0.103 e. The Morgan fingerprint density at radius 2 is 1.33 bits per heavy atom. The van der Waals surface area contributed by atoms with E-state index in [1.54, 1.807) is 12.5 Å². The third-order valence-corrected chi connectivity index (χ3v) is 2.85. The molecule has 3 aromatic heterocycles. The zero-order valence-electron chi connectivity index (χ0n) is 13.7. The third kappa shape index (κ3) is 6.70. The van der Waals surface area contributed by atoms with Crippen molar-refractivity contribution in [2.24, 2.45) is 0 Å². The van der Waals surface area contributed by atoms with Gasteiger partial charge in [-0.05, 0) is 76.9 Å². The monoisotopic (exact) mass is 288 g/mol. The lowest BCUT2D eigenvalue weighted by atomic mass is 10.3. The van der Waals surface area contributed by atoms with Gasteiger partial charge in [0.2, 0.25) is 0 Å². The van der Waals surface area contributed by atoms with E-state index in [2.05, 4.69) is 0 Å². The van der Waals surface area contributed by atoms with Gasteiger partial charge in [0.15, 0.2) is 0 Å². The Bertz CT molecular complexity index is 553. The number of hydrogen-bond donors (Lipinski definition) is 0. The van der Waals surface area contributed by atoms with Crippen molar-refractivity contribution in [3.05, 3.63) is 71.0 Å². The van der Waals surface area contributed by atoms with Gasteiger partial charge in [0, 0.05) is 0 Å². The predicted octanol–water partition coefficient (Wildman–Crippen LogP) is 5.69. The molecule has 21 heavy (non-hydrogen) atoms. The van der Waals surface area contributed by atoms with Gasteiger partial charge in [-0.1, -0.05) is 0 Å². The molecular formula is C18H24O3. The summed E-state index contributed by atoms with van der Waals surface area (Å²) in [4.78, 5) is 0. The zero-order valence-corrected chi connectivity index (χ0v) is 13.7. The second-order valence-corrected chi connectivity index (χ2v) is 5.05. The summed E-state index contributed by atoms with van der Waals surface area (Å²) in [6.07, 6.45) is 3.44. The van der Waals surface area contributed by atoms with E-state index in [1.165, 1.54) is 11.1 Å². The normalized spacial score (nSPS) is 9.43. The fraction of sp³-hybridized carbons (Fsp3) is 0.333. The van der Waals surface area contributed by atoms with Gasteiger partial charge in [-0.3, -0.25) is 0 Å². The van der Waals surface area contributed by atoms with E-state index in [1.807, 2.05) is 65.8 Å². The van der Waals surface area contributed by atoms with E-state index in [4.69, 9.17) is 13.3 Å². The first kappa shape index (κ1) is 16.9. The van der Waals surface area contributed by atoms with Crippen LogP contribution in [0, 0.1) is 41.5 Å². The van der Waals surface area contributed by atoms with Crippen molar-refractivity contribution >= 4 is 0 Å². The van der Waals surface area contributed by atoms with E-state index < -0.39 is 0 Å². The van der Waals surface area contributed by atoms with Gasteiger partial charge in [-0.15, -0.1) is 0 Å². The molecular weight excluding hydrogens is 264 g/mol. The van der Waals surface area contributed by atoms with Crippen molar-refractivity contribution in [1.82, 2.24) is 0 Å². The molecule has 3 heteroatoms. The first-order valence-corrected chi connectivity index (χ1v) is 6.94. The number of hydrogen-bond acceptors (Lipinski definition) is 3. The lowest BCUT2D eigenvalue weighted by Gasteiger charge is -1.79. The Kier molecular flexibility index (Phi) is 6.60. The summed E-state index contributed by atoms with van der Waals surface area (Å²) in [5, 5.41) is 0. The fourth-order valence-corrected chi connectivity index (χ4v) is 1.58. The largest absolute Gasteiger partial charge is 0.469 e. The Labute approximate surface area is 126 Å². The number of furan rings is 3. The third-order valence-electron chi connectivity index (χ3n) is 2.85. The summed E-state index contributed by atoms with van der Waals surface area (Å²) in [5.41, 5.74) is 2.41. The summed E-state index contributed by atoms with van der Waals surface area (Å²) < 4.78 is 15.0. The van der Waals surface area contributed by atoms with Crippen LogP contribution in [0.2, 0.25) is 0 Å². The summed E-state index contributed by atoms with van der Waals surface area (Å²) >= 11 is 0. The van der Waals surface area contributed by atoms with E-state index in [-0.39, 0.29) is 0 Å². The van der Waals surface area contributed by atoms with Crippen molar-refractivity contribution in [3.8, 4) is 0 Å². The summed E-state index contributed by atoms with van der Waals surface area (Å²) in [7, 11) is 0. The number of aryl methyl sites for hydroxylation is 6. The molecule has 0 unspecified atom stereocenters. The molecule has 0 atom stereocenters. The van der Waals surface area contributed by atoms with Crippen LogP contribution in [0.1, 0.15) is 34.2 Å². The highest BCUT2D eigenvalue weighted by Crippen LogP contribution is 2.04. The Balaban J connectivity index is 0.000000157. The molecule has 0 fully saturated rings. The van der Waals surface area contributed by atoms with Crippen LogP contribution in [0.3, 0.4) is 0 Å². The average Bonchev–Trinajstić information content (AvgIpc) is 3.08. The molecule has 0 aromatic carbocycles. The van der Waals surface area contributed by atoms with Crippen molar-refractivity contribution in [3.63, 3.8) is 0 Å². The lowest BCUT2D eigenvalue weighted by molar-refractivity contribution is 0.504. The fourth-order valence-electron chi connectivity index (χ4n) is 1.58. The quantitative estimate of drug-likeness (QED) is 0.533. The van der Waals surface area contributed by atoms with Gasteiger partial charge >= 0.3 is 0 Å². The van der Waals surface area contributed by atoms with Crippen LogP contribution in [0.15, 0.2) is 50.0 Å². The van der Waals surface area contributed by atoms with Gasteiger partial charge in [0.25, 0.3) is 0 Å². The van der Waals surface area contributed by atoms with E-state index in [9.17, 15) is 0 Å². The van der Waals surface area contributed by atoms with Crippen molar-refractivity contribution < 1.29 is 13.3 Å². The molecule has 3 aromatic rings. The molecule has 0 spiro atoms.